The number of halogens is 3. The van der Waals surface area contributed by atoms with E-state index in [4.69, 9.17) is 5.11 Å². The van der Waals surface area contributed by atoms with Crippen LogP contribution in [0.4, 0.5) is 13.2 Å². The second-order valence-electron chi connectivity index (χ2n) is 3.59. The van der Waals surface area contributed by atoms with Crippen molar-refractivity contribution in [1.82, 2.24) is 10.3 Å². The fourth-order valence-corrected chi connectivity index (χ4v) is 1.21. The fourth-order valence-electron chi connectivity index (χ4n) is 1.21. The second kappa shape index (κ2) is 6.93. The van der Waals surface area contributed by atoms with Crippen LogP contribution in [0.3, 0.4) is 0 Å². The molecule has 0 aliphatic heterocycles. The van der Waals surface area contributed by atoms with E-state index in [-0.39, 0.29) is 24.6 Å². The molecule has 19 heavy (non-hydrogen) atoms. The summed E-state index contributed by atoms with van der Waals surface area (Å²) in [6.07, 6.45) is -2.91. The predicted molar refractivity (Wildman–Crippen MR) is 59.8 cm³/mol. The third-order valence-electron chi connectivity index (χ3n) is 2.01. The van der Waals surface area contributed by atoms with E-state index in [2.05, 4.69) is 15.0 Å². The Labute approximate surface area is 107 Å². The van der Waals surface area contributed by atoms with E-state index in [1.165, 1.54) is 18.3 Å². The Balaban J connectivity index is 2.69. The van der Waals surface area contributed by atoms with E-state index >= 15 is 0 Å². The zero-order valence-corrected chi connectivity index (χ0v) is 9.91. The highest BCUT2D eigenvalue weighted by Gasteiger charge is 2.29. The Morgan fingerprint density at radius 3 is 2.84 bits per heavy atom. The minimum absolute atomic E-state index is 0.0790. The third kappa shape index (κ3) is 5.56. The summed E-state index contributed by atoms with van der Waals surface area (Å²) < 4.78 is 40.6. The van der Waals surface area contributed by atoms with Gasteiger partial charge in [0.05, 0.1) is 0 Å². The number of rotatable bonds is 6. The Morgan fingerprint density at radius 1 is 1.47 bits per heavy atom. The molecule has 5 nitrogen and oxygen atoms in total. The van der Waals surface area contributed by atoms with Crippen LogP contribution in [-0.4, -0.2) is 41.9 Å². The van der Waals surface area contributed by atoms with E-state index in [0.717, 1.165) is 0 Å². The van der Waals surface area contributed by atoms with Gasteiger partial charge >= 0.3 is 6.18 Å². The van der Waals surface area contributed by atoms with E-state index < -0.39 is 18.7 Å². The summed E-state index contributed by atoms with van der Waals surface area (Å²) in [5, 5.41) is 11.0. The quantitative estimate of drug-likeness (QED) is 0.765. The van der Waals surface area contributed by atoms with Gasteiger partial charge in [0, 0.05) is 19.3 Å². The smallest absolute Gasteiger partial charge is 0.422 e. The number of alkyl halides is 3. The maximum Gasteiger partial charge on any atom is 0.422 e. The molecule has 1 rings (SSSR count). The van der Waals surface area contributed by atoms with Crippen LogP contribution in [0.1, 0.15) is 16.8 Å². The number of carbonyl (C=O) groups excluding carboxylic acids is 1. The summed E-state index contributed by atoms with van der Waals surface area (Å²) in [5.74, 6) is -0.972. The van der Waals surface area contributed by atoms with E-state index in [0.29, 0.717) is 6.42 Å². The van der Waals surface area contributed by atoms with Crippen LogP contribution in [0.5, 0.6) is 5.88 Å². The zero-order valence-electron chi connectivity index (χ0n) is 9.91. The molecule has 1 aromatic heterocycles. The monoisotopic (exact) mass is 278 g/mol. The van der Waals surface area contributed by atoms with Crippen LogP contribution < -0.4 is 10.1 Å². The van der Waals surface area contributed by atoms with Gasteiger partial charge in [0.15, 0.2) is 6.61 Å². The summed E-state index contributed by atoms with van der Waals surface area (Å²) in [6, 6.07) is 2.73. The van der Waals surface area contributed by atoms with Crippen molar-refractivity contribution in [3.8, 4) is 5.88 Å². The van der Waals surface area contributed by atoms with Crippen LogP contribution >= 0.6 is 0 Å². The lowest BCUT2D eigenvalue weighted by atomic mass is 10.2. The minimum atomic E-state index is -4.50. The van der Waals surface area contributed by atoms with Crippen molar-refractivity contribution in [1.29, 1.82) is 0 Å². The van der Waals surface area contributed by atoms with Gasteiger partial charge in [-0.2, -0.15) is 13.2 Å². The molecule has 0 fully saturated rings. The van der Waals surface area contributed by atoms with Gasteiger partial charge < -0.3 is 15.2 Å². The topological polar surface area (TPSA) is 71.5 Å². The molecule has 8 heteroatoms. The van der Waals surface area contributed by atoms with Gasteiger partial charge in [-0.25, -0.2) is 4.98 Å². The molecule has 0 aliphatic carbocycles. The van der Waals surface area contributed by atoms with Crippen molar-refractivity contribution >= 4 is 5.91 Å². The Hall–Kier alpha value is -1.83. The molecule has 2 N–H and O–H groups in total. The highest BCUT2D eigenvalue weighted by Crippen LogP contribution is 2.19. The lowest BCUT2D eigenvalue weighted by molar-refractivity contribution is -0.154. The molecule has 0 saturated carbocycles. The van der Waals surface area contributed by atoms with E-state index in [9.17, 15) is 18.0 Å². The van der Waals surface area contributed by atoms with Crippen molar-refractivity contribution in [2.24, 2.45) is 0 Å². The molecule has 0 radical (unpaired) electrons. The van der Waals surface area contributed by atoms with Crippen molar-refractivity contribution < 1.29 is 27.8 Å². The molecular formula is C11H13F3N2O3. The van der Waals surface area contributed by atoms with Crippen molar-refractivity contribution in [2.75, 3.05) is 19.8 Å². The summed E-state index contributed by atoms with van der Waals surface area (Å²) in [5.41, 5.74) is -0.0790. The molecule has 0 aromatic carbocycles. The van der Waals surface area contributed by atoms with Crippen LogP contribution in [0, 0.1) is 0 Å². The van der Waals surface area contributed by atoms with Gasteiger partial charge in [-0.05, 0) is 18.6 Å². The first kappa shape index (κ1) is 15.2. The molecule has 0 aliphatic rings. The van der Waals surface area contributed by atoms with Crippen LogP contribution in [0.25, 0.3) is 0 Å². The first-order valence-electron chi connectivity index (χ1n) is 5.47. The lowest BCUT2D eigenvalue weighted by Gasteiger charge is -2.11. The number of ether oxygens (including phenoxy) is 1. The summed E-state index contributed by atoms with van der Waals surface area (Å²) >= 11 is 0. The van der Waals surface area contributed by atoms with Gasteiger partial charge in [-0.3, -0.25) is 4.79 Å². The van der Waals surface area contributed by atoms with Crippen LogP contribution in [0.2, 0.25) is 0 Å². The number of nitrogens with one attached hydrogen (secondary N) is 1. The molecule has 0 atom stereocenters. The molecule has 0 unspecified atom stereocenters. The fraction of sp³-hybridized carbons (Fsp3) is 0.455. The number of nitrogens with zero attached hydrogens (tertiary/aromatic N) is 1. The molecule has 0 saturated heterocycles. The Morgan fingerprint density at radius 2 is 2.21 bits per heavy atom. The Kier molecular flexibility index (Phi) is 5.56. The first-order chi connectivity index (χ1) is 8.94. The van der Waals surface area contributed by atoms with Crippen molar-refractivity contribution in [3.63, 3.8) is 0 Å². The average molecular weight is 278 g/mol. The van der Waals surface area contributed by atoms with Gasteiger partial charge in [-0.15, -0.1) is 0 Å². The number of aromatic nitrogens is 1. The second-order valence-corrected chi connectivity index (χ2v) is 3.59. The van der Waals surface area contributed by atoms with Crippen LogP contribution in [0.15, 0.2) is 18.3 Å². The summed E-state index contributed by atoms with van der Waals surface area (Å²) in [4.78, 5) is 15.3. The first-order valence-corrected chi connectivity index (χ1v) is 5.47. The van der Waals surface area contributed by atoms with E-state index in [1.54, 1.807) is 0 Å². The minimum Gasteiger partial charge on any atom is -0.467 e. The molecule has 106 valence electrons. The molecular weight excluding hydrogens is 265 g/mol. The van der Waals surface area contributed by atoms with Gasteiger partial charge in [0.1, 0.15) is 5.56 Å². The largest absolute Gasteiger partial charge is 0.467 e. The number of hydrogen-bond acceptors (Lipinski definition) is 4. The number of carbonyl (C=O) groups is 1. The molecule has 0 spiro atoms. The number of amides is 1. The normalized spacial score (nSPS) is 11.2. The number of pyridine rings is 1. The number of aliphatic hydroxyl groups excluding tert-OH is 1. The van der Waals surface area contributed by atoms with Crippen LogP contribution in [-0.2, 0) is 0 Å². The van der Waals surface area contributed by atoms with Crippen molar-refractivity contribution in [2.45, 2.75) is 12.6 Å². The SMILES string of the molecule is O=C(NCCCO)c1cccnc1OCC(F)(F)F. The third-order valence-corrected chi connectivity index (χ3v) is 2.01. The maximum absolute atomic E-state index is 12.0. The maximum atomic E-state index is 12.0. The van der Waals surface area contributed by atoms with Gasteiger partial charge in [0.25, 0.3) is 5.91 Å². The predicted octanol–water partition coefficient (Wildman–Crippen LogP) is 1.13. The summed E-state index contributed by atoms with van der Waals surface area (Å²) in [7, 11) is 0. The highest BCUT2D eigenvalue weighted by atomic mass is 19.4. The molecule has 1 amide bonds. The number of hydrogen-bond donors (Lipinski definition) is 2. The Bertz CT molecular complexity index is 424. The van der Waals surface area contributed by atoms with E-state index in [1.807, 2.05) is 0 Å². The molecule has 1 heterocycles. The molecule has 0 bridgehead atoms. The molecule has 1 aromatic rings. The average Bonchev–Trinajstić information content (AvgIpc) is 2.36. The van der Waals surface area contributed by atoms with Crippen molar-refractivity contribution in [3.05, 3.63) is 23.9 Å². The lowest BCUT2D eigenvalue weighted by Crippen LogP contribution is -2.27. The number of aliphatic hydroxyl groups is 1. The summed E-state index contributed by atoms with van der Waals surface area (Å²) in [6.45, 7) is -1.39. The zero-order chi connectivity index (χ0) is 14.3. The highest BCUT2D eigenvalue weighted by molar-refractivity contribution is 5.96. The standard InChI is InChI=1S/C11H13F3N2O3/c12-11(13,14)7-19-10-8(3-1-4-16-10)9(18)15-5-2-6-17/h1,3-4,17H,2,5-7H2,(H,15,18). The van der Waals surface area contributed by atoms with Gasteiger partial charge in [-0.1, -0.05) is 0 Å². The van der Waals surface area contributed by atoms with Gasteiger partial charge in [0.2, 0.25) is 5.88 Å².